The van der Waals surface area contributed by atoms with Crippen LogP contribution in [0.4, 0.5) is 0 Å². The van der Waals surface area contributed by atoms with Crippen LogP contribution in [0.1, 0.15) is 29.2 Å². The van der Waals surface area contributed by atoms with Crippen molar-refractivity contribution in [3.8, 4) is 0 Å². The van der Waals surface area contributed by atoms with Gasteiger partial charge in [0.15, 0.2) is 0 Å². The van der Waals surface area contributed by atoms with Crippen molar-refractivity contribution >= 4 is 16.9 Å². The Balaban J connectivity index is 1.60. The molecule has 4 rings (SSSR count). The molecule has 24 heavy (non-hydrogen) atoms. The van der Waals surface area contributed by atoms with E-state index >= 15 is 0 Å². The van der Waals surface area contributed by atoms with Crippen LogP contribution in [-0.2, 0) is 7.05 Å². The van der Waals surface area contributed by atoms with Gasteiger partial charge in [0.05, 0.1) is 23.4 Å². The second kappa shape index (κ2) is 5.67. The molecule has 0 saturated carbocycles. The smallest absolute Gasteiger partial charge is 0.326 e. The molecular formula is C17H19N5O2. The molecule has 0 bridgehead atoms. The number of nitrogens with zero attached hydrogens (tertiary/aromatic N) is 4. The minimum absolute atomic E-state index is 0.00594. The zero-order chi connectivity index (χ0) is 16.7. The Kier molecular flexibility index (Phi) is 3.48. The van der Waals surface area contributed by atoms with Gasteiger partial charge in [0.25, 0.3) is 5.91 Å². The molecule has 7 heteroatoms. The molecule has 1 aliphatic rings. The number of likely N-dealkylation sites (tertiary alicyclic amines) is 1. The highest BCUT2D eigenvalue weighted by Gasteiger charge is 2.25. The minimum atomic E-state index is -0.173. The van der Waals surface area contributed by atoms with E-state index in [4.69, 9.17) is 0 Å². The van der Waals surface area contributed by atoms with Crippen LogP contribution in [0.2, 0.25) is 0 Å². The SMILES string of the molecule is Cn1c(=O)[nH]c2cc(C(=O)N3CCC[C@@H](n4ccnc4)C3)ccc21. The van der Waals surface area contributed by atoms with Crippen molar-refractivity contribution in [2.75, 3.05) is 13.1 Å². The number of hydrogen-bond donors (Lipinski definition) is 1. The summed E-state index contributed by atoms with van der Waals surface area (Å²) in [5.74, 6) is 0.00594. The molecule has 1 aliphatic heterocycles. The molecule has 1 amide bonds. The quantitative estimate of drug-likeness (QED) is 0.776. The fraction of sp³-hybridized carbons (Fsp3) is 0.353. The molecular weight excluding hydrogens is 306 g/mol. The number of amides is 1. The minimum Gasteiger partial charge on any atom is -0.337 e. The van der Waals surface area contributed by atoms with Crippen LogP contribution in [0.15, 0.2) is 41.7 Å². The maximum absolute atomic E-state index is 12.9. The Bertz CT molecular complexity index is 938. The fourth-order valence-corrected chi connectivity index (χ4v) is 3.42. The van der Waals surface area contributed by atoms with Crippen molar-refractivity contribution in [1.29, 1.82) is 0 Å². The molecule has 7 nitrogen and oxygen atoms in total. The van der Waals surface area contributed by atoms with Crippen LogP contribution in [0.25, 0.3) is 11.0 Å². The van der Waals surface area contributed by atoms with Crippen LogP contribution < -0.4 is 5.69 Å². The molecule has 0 unspecified atom stereocenters. The fourth-order valence-electron chi connectivity index (χ4n) is 3.42. The van der Waals surface area contributed by atoms with Crippen LogP contribution in [-0.4, -0.2) is 43.0 Å². The molecule has 1 aromatic carbocycles. The lowest BCUT2D eigenvalue weighted by atomic mass is 10.0. The first kappa shape index (κ1) is 14.7. The Morgan fingerprint density at radius 2 is 2.25 bits per heavy atom. The van der Waals surface area contributed by atoms with Crippen molar-refractivity contribution < 1.29 is 4.79 Å². The van der Waals surface area contributed by atoms with Crippen LogP contribution in [0.3, 0.4) is 0 Å². The average Bonchev–Trinajstić information content (AvgIpc) is 3.23. The van der Waals surface area contributed by atoms with Gasteiger partial charge in [-0.1, -0.05) is 0 Å². The zero-order valence-electron chi connectivity index (χ0n) is 13.5. The van der Waals surface area contributed by atoms with Gasteiger partial charge >= 0.3 is 5.69 Å². The number of carbonyl (C=O) groups is 1. The Hall–Kier alpha value is -2.83. The lowest BCUT2D eigenvalue weighted by Gasteiger charge is -2.33. The van der Waals surface area contributed by atoms with E-state index in [0.29, 0.717) is 17.6 Å². The van der Waals surface area contributed by atoms with Crippen molar-refractivity contribution in [3.63, 3.8) is 0 Å². The van der Waals surface area contributed by atoms with Gasteiger partial charge in [0.1, 0.15) is 0 Å². The number of aryl methyl sites for hydroxylation is 1. The number of nitrogens with one attached hydrogen (secondary N) is 1. The number of benzene rings is 1. The van der Waals surface area contributed by atoms with Gasteiger partial charge < -0.3 is 14.5 Å². The number of aromatic amines is 1. The van der Waals surface area contributed by atoms with Gasteiger partial charge in [-0.25, -0.2) is 9.78 Å². The third kappa shape index (κ3) is 2.42. The van der Waals surface area contributed by atoms with Crippen molar-refractivity contribution in [2.24, 2.45) is 7.05 Å². The summed E-state index contributed by atoms with van der Waals surface area (Å²) >= 11 is 0. The lowest BCUT2D eigenvalue weighted by molar-refractivity contribution is 0.0679. The number of H-pyrrole nitrogens is 1. The molecule has 0 radical (unpaired) electrons. The topological polar surface area (TPSA) is 75.9 Å². The lowest BCUT2D eigenvalue weighted by Crippen LogP contribution is -2.40. The molecule has 2 aromatic heterocycles. The summed E-state index contributed by atoms with van der Waals surface area (Å²) < 4.78 is 3.61. The van der Waals surface area contributed by atoms with Gasteiger partial charge in [-0.3, -0.25) is 9.36 Å². The van der Waals surface area contributed by atoms with Crippen LogP contribution in [0.5, 0.6) is 0 Å². The number of carbonyl (C=O) groups excluding carboxylic acids is 1. The molecule has 1 atom stereocenters. The van der Waals surface area contributed by atoms with E-state index in [-0.39, 0.29) is 17.6 Å². The normalized spacial score (nSPS) is 18.2. The molecule has 3 heterocycles. The molecule has 1 N–H and O–H groups in total. The highest BCUT2D eigenvalue weighted by Crippen LogP contribution is 2.23. The standard InChI is InChI=1S/C17H19N5O2/c1-20-15-5-4-12(9-14(15)19-17(20)24)16(23)21-7-2-3-13(10-21)22-8-6-18-11-22/h4-6,8-9,11,13H,2-3,7,10H2,1H3,(H,19,24)/t13-/m1/s1. The van der Waals surface area contributed by atoms with E-state index in [2.05, 4.69) is 14.5 Å². The molecule has 124 valence electrons. The van der Waals surface area contributed by atoms with Gasteiger partial charge in [0, 0.05) is 38.1 Å². The van der Waals surface area contributed by atoms with E-state index < -0.39 is 0 Å². The summed E-state index contributed by atoms with van der Waals surface area (Å²) in [5.41, 5.74) is 1.92. The summed E-state index contributed by atoms with van der Waals surface area (Å²) in [4.78, 5) is 33.3. The Morgan fingerprint density at radius 3 is 3.04 bits per heavy atom. The maximum atomic E-state index is 12.9. The van der Waals surface area contributed by atoms with Gasteiger partial charge in [-0.2, -0.15) is 0 Å². The highest BCUT2D eigenvalue weighted by molar-refractivity contribution is 5.97. The number of fused-ring (bicyclic) bond motifs is 1. The van der Waals surface area contributed by atoms with E-state index in [9.17, 15) is 9.59 Å². The van der Waals surface area contributed by atoms with Crippen LogP contribution in [0, 0.1) is 0 Å². The first-order valence-electron chi connectivity index (χ1n) is 8.09. The predicted octanol–water partition coefficient (Wildman–Crippen LogP) is 1.54. The largest absolute Gasteiger partial charge is 0.337 e. The van der Waals surface area contributed by atoms with E-state index in [0.717, 1.165) is 24.9 Å². The summed E-state index contributed by atoms with van der Waals surface area (Å²) in [6.45, 7) is 1.44. The van der Waals surface area contributed by atoms with Gasteiger partial charge in [-0.05, 0) is 31.0 Å². The molecule has 0 spiro atoms. The number of rotatable bonds is 2. The van der Waals surface area contributed by atoms with Crippen molar-refractivity contribution in [1.82, 2.24) is 24.0 Å². The monoisotopic (exact) mass is 325 g/mol. The van der Waals surface area contributed by atoms with Gasteiger partial charge in [-0.15, -0.1) is 0 Å². The van der Waals surface area contributed by atoms with Crippen molar-refractivity contribution in [2.45, 2.75) is 18.9 Å². The Labute approximate surface area is 138 Å². The summed E-state index contributed by atoms with van der Waals surface area (Å²) in [7, 11) is 1.71. The Morgan fingerprint density at radius 1 is 1.38 bits per heavy atom. The zero-order valence-corrected chi connectivity index (χ0v) is 13.5. The third-order valence-electron chi connectivity index (χ3n) is 4.78. The highest BCUT2D eigenvalue weighted by atomic mass is 16.2. The van der Waals surface area contributed by atoms with Crippen molar-refractivity contribution in [3.05, 3.63) is 53.0 Å². The summed E-state index contributed by atoms with van der Waals surface area (Å²) in [5, 5.41) is 0. The number of hydrogen-bond acceptors (Lipinski definition) is 3. The first-order valence-corrected chi connectivity index (χ1v) is 8.09. The third-order valence-corrected chi connectivity index (χ3v) is 4.78. The second-order valence-electron chi connectivity index (χ2n) is 6.28. The molecule has 1 saturated heterocycles. The van der Waals surface area contributed by atoms with Crippen LogP contribution >= 0.6 is 0 Å². The summed E-state index contributed by atoms with van der Waals surface area (Å²) in [6.07, 6.45) is 7.53. The number of imidazole rings is 2. The predicted molar refractivity (Wildman–Crippen MR) is 89.9 cm³/mol. The summed E-state index contributed by atoms with van der Waals surface area (Å²) in [6, 6.07) is 5.64. The van der Waals surface area contributed by atoms with Gasteiger partial charge in [0.2, 0.25) is 0 Å². The average molecular weight is 325 g/mol. The van der Waals surface area contributed by atoms with E-state index in [1.165, 1.54) is 0 Å². The number of aromatic nitrogens is 4. The second-order valence-corrected chi connectivity index (χ2v) is 6.28. The molecule has 1 fully saturated rings. The number of piperidine rings is 1. The van der Waals surface area contributed by atoms with E-state index in [1.54, 1.807) is 36.3 Å². The maximum Gasteiger partial charge on any atom is 0.326 e. The molecule has 3 aromatic rings. The molecule has 0 aliphatic carbocycles. The van der Waals surface area contributed by atoms with E-state index in [1.807, 2.05) is 17.2 Å². The first-order chi connectivity index (χ1) is 11.6.